The summed E-state index contributed by atoms with van der Waals surface area (Å²) >= 11 is 6.22. The second-order valence-corrected chi connectivity index (χ2v) is 6.59. The largest absolute Gasteiger partial charge is 0.334 e. The molecule has 5 nitrogen and oxygen atoms in total. The Morgan fingerprint density at radius 2 is 1.92 bits per heavy atom. The predicted octanol–water partition coefficient (Wildman–Crippen LogP) is 4.22. The molecule has 25 heavy (non-hydrogen) atoms. The first-order valence-electron chi connectivity index (χ1n) is 8.07. The summed E-state index contributed by atoms with van der Waals surface area (Å²) in [7, 11) is 0. The summed E-state index contributed by atoms with van der Waals surface area (Å²) in [4.78, 5) is 18.6. The van der Waals surface area contributed by atoms with E-state index < -0.39 is 0 Å². The standard InChI is InChI=1S/C19H16ClN3O2/c1-12-6-8-13(9-7-12)19-21-18(22-25-19)14-10-17(24)23(11-14)16-5-3-2-4-15(16)20/h2-9,14H,10-11H2,1H3. The summed E-state index contributed by atoms with van der Waals surface area (Å²) in [6, 6.07) is 15.2. The molecular weight excluding hydrogens is 338 g/mol. The van der Waals surface area contributed by atoms with Crippen LogP contribution in [0.3, 0.4) is 0 Å². The Balaban J connectivity index is 1.57. The molecule has 1 saturated heterocycles. The Hall–Kier alpha value is -2.66. The lowest BCUT2D eigenvalue weighted by Crippen LogP contribution is -2.24. The van der Waals surface area contributed by atoms with Crippen molar-refractivity contribution in [2.24, 2.45) is 0 Å². The number of hydrogen-bond acceptors (Lipinski definition) is 4. The third-order valence-corrected chi connectivity index (χ3v) is 4.69. The van der Waals surface area contributed by atoms with E-state index in [1.165, 1.54) is 5.56 Å². The Morgan fingerprint density at radius 1 is 1.16 bits per heavy atom. The molecule has 1 aliphatic heterocycles. The van der Waals surface area contributed by atoms with Crippen molar-refractivity contribution in [2.45, 2.75) is 19.3 Å². The molecule has 1 atom stereocenters. The van der Waals surface area contributed by atoms with E-state index in [2.05, 4.69) is 10.1 Å². The minimum absolute atomic E-state index is 0.0137. The predicted molar refractivity (Wildman–Crippen MR) is 95.6 cm³/mol. The lowest BCUT2D eigenvalue weighted by molar-refractivity contribution is -0.117. The van der Waals surface area contributed by atoms with Crippen molar-refractivity contribution in [2.75, 3.05) is 11.4 Å². The summed E-state index contributed by atoms with van der Waals surface area (Å²) in [6.45, 7) is 2.52. The van der Waals surface area contributed by atoms with Crippen LogP contribution in [0.2, 0.25) is 5.02 Å². The van der Waals surface area contributed by atoms with Gasteiger partial charge in [0.25, 0.3) is 5.89 Å². The van der Waals surface area contributed by atoms with E-state index >= 15 is 0 Å². The van der Waals surface area contributed by atoms with E-state index in [4.69, 9.17) is 16.1 Å². The number of carbonyl (C=O) groups is 1. The van der Waals surface area contributed by atoms with Crippen LogP contribution in [0.1, 0.15) is 23.7 Å². The van der Waals surface area contributed by atoms with Crippen molar-refractivity contribution < 1.29 is 9.32 Å². The Labute approximate surface area is 150 Å². The normalized spacial score (nSPS) is 17.3. The van der Waals surface area contributed by atoms with Crippen LogP contribution < -0.4 is 4.90 Å². The number of para-hydroxylation sites is 1. The third kappa shape index (κ3) is 3.03. The van der Waals surface area contributed by atoms with Crippen molar-refractivity contribution >= 4 is 23.2 Å². The van der Waals surface area contributed by atoms with Crippen LogP contribution in [-0.2, 0) is 4.79 Å². The molecule has 126 valence electrons. The number of hydrogen-bond donors (Lipinski definition) is 0. The van der Waals surface area contributed by atoms with Crippen molar-refractivity contribution in [3.05, 3.63) is 64.9 Å². The minimum Gasteiger partial charge on any atom is -0.334 e. The number of carbonyl (C=O) groups excluding carboxylic acids is 1. The van der Waals surface area contributed by atoms with E-state index in [1.807, 2.05) is 49.4 Å². The van der Waals surface area contributed by atoms with Crippen LogP contribution >= 0.6 is 11.6 Å². The van der Waals surface area contributed by atoms with Gasteiger partial charge in [-0.3, -0.25) is 4.79 Å². The summed E-state index contributed by atoms with van der Waals surface area (Å²) in [5, 5.41) is 4.64. The van der Waals surface area contributed by atoms with E-state index in [0.29, 0.717) is 29.7 Å². The van der Waals surface area contributed by atoms with Gasteiger partial charge in [0.05, 0.1) is 10.7 Å². The molecule has 1 amide bonds. The number of aryl methyl sites for hydroxylation is 1. The van der Waals surface area contributed by atoms with E-state index in [9.17, 15) is 4.79 Å². The molecule has 4 rings (SSSR count). The first-order chi connectivity index (χ1) is 12.1. The molecule has 0 spiro atoms. The van der Waals surface area contributed by atoms with Gasteiger partial charge in [-0.05, 0) is 31.2 Å². The summed E-state index contributed by atoms with van der Waals surface area (Å²) in [5.74, 6) is 0.934. The molecule has 6 heteroatoms. The maximum Gasteiger partial charge on any atom is 0.257 e. The highest BCUT2D eigenvalue weighted by Crippen LogP contribution is 2.34. The van der Waals surface area contributed by atoms with Gasteiger partial charge in [0, 0.05) is 24.4 Å². The Kier molecular flexibility index (Phi) is 4.01. The highest BCUT2D eigenvalue weighted by molar-refractivity contribution is 6.33. The van der Waals surface area contributed by atoms with Gasteiger partial charge < -0.3 is 9.42 Å². The molecule has 3 aromatic rings. The Morgan fingerprint density at radius 3 is 2.68 bits per heavy atom. The number of amides is 1. The van der Waals surface area contributed by atoms with Gasteiger partial charge in [-0.2, -0.15) is 4.98 Å². The molecule has 0 saturated carbocycles. The zero-order valence-electron chi connectivity index (χ0n) is 13.6. The molecule has 0 radical (unpaired) electrons. The number of anilines is 1. The first-order valence-corrected chi connectivity index (χ1v) is 8.45. The molecule has 1 aliphatic rings. The summed E-state index contributed by atoms with van der Waals surface area (Å²) in [6.07, 6.45) is 0.345. The van der Waals surface area contributed by atoms with Crippen LogP contribution in [0.5, 0.6) is 0 Å². The van der Waals surface area contributed by atoms with Crippen LogP contribution in [-0.4, -0.2) is 22.6 Å². The molecular formula is C19H16ClN3O2. The zero-order valence-corrected chi connectivity index (χ0v) is 14.4. The quantitative estimate of drug-likeness (QED) is 0.707. The zero-order chi connectivity index (χ0) is 17.4. The van der Waals surface area contributed by atoms with Crippen molar-refractivity contribution in [3.63, 3.8) is 0 Å². The molecule has 1 aromatic heterocycles. The van der Waals surface area contributed by atoms with Gasteiger partial charge in [0.15, 0.2) is 5.82 Å². The summed E-state index contributed by atoms with van der Waals surface area (Å²) in [5.41, 5.74) is 2.76. The lowest BCUT2D eigenvalue weighted by Gasteiger charge is -2.17. The fourth-order valence-corrected chi connectivity index (χ4v) is 3.24. The highest BCUT2D eigenvalue weighted by Gasteiger charge is 2.35. The van der Waals surface area contributed by atoms with E-state index in [0.717, 1.165) is 11.3 Å². The average Bonchev–Trinajstić information content (AvgIpc) is 3.23. The number of nitrogens with zero attached hydrogens (tertiary/aromatic N) is 3. The van der Waals surface area contributed by atoms with Crippen LogP contribution in [0.4, 0.5) is 5.69 Å². The second kappa shape index (κ2) is 6.33. The van der Waals surface area contributed by atoms with Crippen LogP contribution in [0.15, 0.2) is 53.1 Å². The number of benzene rings is 2. The molecule has 0 bridgehead atoms. The monoisotopic (exact) mass is 353 g/mol. The van der Waals surface area contributed by atoms with Crippen LogP contribution in [0.25, 0.3) is 11.5 Å². The van der Waals surface area contributed by atoms with Crippen molar-refractivity contribution in [3.8, 4) is 11.5 Å². The molecule has 2 heterocycles. The molecule has 2 aromatic carbocycles. The van der Waals surface area contributed by atoms with Gasteiger partial charge in [-0.25, -0.2) is 0 Å². The van der Waals surface area contributed by atoms with Crippen LogP contribution in [0, 0.1) is 6.92 Å². The molecule has 1 unspecified atom stereocenters. The van der Waals surface area contributed by atoms with E-state index in [1.54, 1.807) is 11.0 Å². The van der Waals surface area contributed by atoms with Gasteiger partial charge in [0.2, 0.25) is 5.91 Å². The topological polar surface area (TPSA) is 59.2 Å². The number of rotatable bonds is 3. The molecule has 1 fully saturated rings. The van der Waals surface area contributed by atoms with Gasteiger partial charge in [0.1, 0.15) is 0 Å². The van der Waals surface area contributed by atoms with Gasteiger partial charge in [-0.15, -0.1) is 0 Å². The summed E-state index contributed by atoms with van der Waals surface area (Å²) < 4.78 is 5.39. The SMILES string of the molecule is Cc1ccc(-c2nc(C3CC(=O)N(c4ccccc4Cl)C3)no2)cc1. The van der Waals surface area contributed by atoms with Gasteiger partial charge >= 0.3 is 0 Å². The average molecular weight is 354 g/mol. The van der Waals surface area contributed by atoms with Crippen molar-refractivity contribution in [1.82, 2.24) is 10.1 Å². The fraction of sp³-hybridized carbons (Fsp3) is 0.211. The minimum atomic E-state index is -0.105. The highest BCUT2D eigenvalue weighted by atomic mass is 35.5. The first kappa shape index (κ1) is 15.8. The molecule has 0 N–H and O–H groups in total. The smallest absolute Gasteiger partial charge is 0.257 e. The molecule has 0 aliphatic carbocycles. The fourth-order valence-electron chi connectivity index (χ4n) is 3.00. The maximum atomic E-state index is 12.4. The van der Waals surface area contributed by atoms with Gasteiger partial charge in [-0.1, -0.05) is 46.6 Å². The number of halogens is 1. The van der Waals surface area contributed by atoms with E-state index in [-0.39, 0.29) is 11.8 Å². The second-order valence-electron chi connectivity index (χ2n) is 6.18. The third-order valence-electron chi connectivity index (χ3n) is 4.37. The maximum absolute atomic E-state index is 12.4. The van der Waals surface area contributed by atoms with Crippen molar-refractivity contribution in [1.29, 1.82) is 0 Å². The number of aromatic nitrogens is 2. The lowest BCUT2D eigenvalue weighted by atomic mass is 10.1. The Bertz CT molecular complexity index is 920.